The smallest absolute Gasteiger partial charge is 0.323 e. The number of hydrogen-bond donors (Lipinski definition) is 1. The van der Waals surface area contributed by atoms with Gasteiger partial charge in [0.05, 0.1) is 4.92 Å². The number of piperidine rings is 1. The predicted octanol–water partition coefficient (Wildman–Crippen LogP) is 2.67. The molecule has 2 amide bonds. The number of urea groups is 1. The van der Waals surface area contributed by atoms with Crippen molar-refractivity contribution in [3.05, 3.63) is 46.8 Å². The van der Waals surface area contributed by atoms with Crippen LogP contribution in [0.1, 0.15) is 12.8 Å². The van der Waals surface area contributed by atoms with Crippen LogP contribution in [0.2, 0.25) is 0 Å². The number of nitrogens with zero attached hydrogens (tertiary/aromatic N) is 6. The standard InChI is InChI=1S/C21H29N7O4/c1-25(2)12-13-27-10-8-16(9-11-27)26(3)21(29)24-19-14-20(23-15-22-19)32-18-6-4-17(5-7-18)28(30)31/h4-7,14-16H,8-13H2,1-3H3,(H,22,23,24,29). The van der Waals surface area contributed by atoms with Crippen molar-refractivity contribution in [1.29, 1.82) is 0 Å². The molecule has 1 fully saturated rings. The molecule has 1 N–H and O–H groups in total. The summed E-state index contributed by atoms with van der Waals surface area (Å²) in [6.07, 6.45) is 3.14. The Hall–Kier alpha value is -3.31. The summed E-state index contributed by atoms with van der Waals surface area (Å²) in [4.78, 5) is 37.4. The van der Waals surface area contributed by atoms with Gasteiger partial charge < -0.3 is 19.4 Å². The number of rotatable bonds is 8. The van der Waals surface area contributed by atoms with Crippen molar-refractivity contribution in [3.63, 3.8) is 0 Å². The number of likely N-dealkylation sites (N-methyl/N-ethyl adjacent to an activating group) is 1. The fourth-order valence-electron chi connectivity index (χ4n) is 3.46. The van der Waals surface area contributed by atoms with E-state index < -0.39 is 4.92 Å². The number of aromatic nitrogens is 2. The van der Waals surface area contributed by atoms with Crippen LogP contribution in [0.3, 0.4) is 0 Å². The van der Waals surface area contributed by atoms with Gasteiger partial charge in [0.1, 0.15) is 17.9 Å². The molecule has 172 valence electrons. The summed E-state index contributed by atoms with van der Waals surface area (Å²) in [6, 6.07) is 7.10. The molecule has 0 radical (unpaired) electrons. The van der Waals surface area contributed by atoms with Crippen molar-refractivity contribution in [1.82, 2.24) is 24.7 Å². The lowest BCUT2D eigenvalue weighted by Crippen LogP contribution is -2.48. The van der Waals surface area contributed by atoms with Gasteiger partial charge in [0.15, 0.2) is 0 Å². The maximum absolute atomic E-state index is 12.7. The molecular formula is C21H29N7O4. The van der Waals surface area contributed by atoms with Crippen molar-refractivity contribution in [2.75, 3.05) is 52.6 Å². The Labute approximate surface area is 187 Å². The second kappa shape index (κ2) is 10.8. The van der Waals surface area contributed by atoms with Crippen molar-refractivity contribution in [2.45, 2.75) is 18.9 Å². The molecule has 2 heterocycles. The van der Waals surface area contributed by atoms with Crippen molar-refractivity contribution >= 4 is 17.5 Å². The van der Waals surface area contributed by atoms with E-state index in [1.807, 2.05) is 0 Å². The molecule has 0 saturated carbocycles. The molecule has 1 saturated heterocycles. The van der Waals surface area contributed by atoms with Gasteiger partial charge in [-0.2, -0.15) is 0 Å². The van der Waals surface area contributed by atoms with E-state index >= 15 is 0 Å². The van der Waals surface area contributed by atoms with Crippen LogP contribution < -0.4 is 10.1 Å². The van der Waals surface area contributed by atoms with Gasteiger partial charge >= 0.3 is 6.03 Å². The number of carbonyl (C=O) groups excluding carboxylic acids is 1. The number of ether oxygens (including phenoxy) is 1. The van der Waals surface area contributed by atoms with Gasteiger partial charge in [-0.25, -0.2) is 14.8 Å². The second-order valence-corrected chi connectivity index (χ2v) is 8.01. The van der Waals surface area contributed by atoms with E-state index in [-0.39, 0.29) is 23.6 Å². The summed E-state index contributed by atoms with van der Waals surface area (Å²) in [6.45, 7) is 4.00. The Morgan fingerprint density at radius 1 is 1.22 bits per heavy atom. The predicted molar refractivity (Wildman–Crippen MR) is 120 cm³/mol. The largest absolute Gasteiger partial charge is 0.439 e. The van der Waals surface area contributed by atoms with Crippen LogP contribution in [-0.2, 0) is 0 Å². The highest BCUT2D eigenvalue weighted by Crippen LogP contribution is 2.23. The van der Waals surface area contributed by atoms with Gasteiger partial charge in [-0.15, -0.1) is 0 Å². The van der Waals surface area contributed by atoms with Crippen LogP contribution >= 0.6 is 0 Å². The van der Waals surface area contributed by atoms with E-state index in [1.54, 1.807) is 11.9 Å². The van der Waals surface area contributed by atoms with E-state index in [0.29, 0.717) is 11.6 Å². The minimum atomic E-state index is -0.480. The van der Waals surface area contributed by atoms with Gasteiger partial charge in [0.2, 0.25) is 5.88 Å². The van der Waals surface area contributed by atoms with Crippen molar-refractivity contribution in [2.24, 2.45) is 0 Å². The second-order valence-electron chi connectivity index (χ2n) is 8.01. The number of hydrogen-bond acceptors (Lipinski definition) is 8. The number of nitrogens with one attached hydrogen (secondary N) is 1. The monoisotopic (exact) mass is 443 g/mol. The van der Waals surface area contributed by atoms with Crippen LogP contribution in [0.25, 0.3) is 0 Å². The molecule has 0 aliphatic carbocycles. The number of carbonyl (C=O) groups is 1. The maximum atomic E-state index is 12.7. The average molecular weight is 444 g/mol. The van der Waals surface area contributed by atoms with Gasteiger partial charge in [-0.1, -0.05) is 0 Å². The van der Waals surface area contributed by atoms with Gasteiger partial charge in [0.25, 0.3) is 5.69 Å². The lowest BCUT2D eigenvalue weighted by Gasteiger charge is -2.37. The van der Waals surface area contributed by atoms with E-state index in [4.69, 9.17) is 4.74 Å². The van der Waals surface area contributed by atoms with E-state index in [9.17, 15) is 14.9 Å². The molecular weight excluding hydrogens is 414 g/mol. The Balaban J connectivity index is 1.52. The topological polar surface area (TPSA) is 117 Å². The maximum Gasteiger partial charge on any atom is 0.323 e. The van der Waals surface area contributed by atoms with Crippen LogP contribution in [0, 0.1) is 10.1 Å². The van der Waals surface area contributed by atoms with Gasteiger partial charge in [0, 0.05) is 57.5 Å². The third kappa shape index (κ3) is 6.59. The first-order valence-corrected chi connectivity index (χ1v) is 10.5. The van der Waals surface area contributed by atoms with Gasteiger partial charge in [-0.05, 0) is 39.1 Å². The SMILES string of the molecule is CN(C)CCN1CCC(N(C)C(=O)Nc2cc(Oc3ccc([N+](=O)[O-])cc3)ncn2)CC1. The number of benzene rings is 1. The number of non-ortho nitro benzene ring substituents is 1. The normalized spacial score (nSPS) is 14.9. The molecule has 11 heteroatoms. The zero-order valence-electron chi connectivity index (χ0n) is 18.6. The highest BCUT2D eigenvalue weighted by molar-refractivity contribution is 5.88. The highest BCUT2D eigenvalue weighted by atomic mass is 16.6. The first-order valence-electron chi connectivity index (χ1n) is 10.5. The molecule has 1 aliphatic heterocycles. The Morgan fingerprint density at radius 3 is 2.53 bits per heavy atom. The number of nitro groups is 1. The minimum absolute atomic E-state index is 0.0282. The molecule has 0 atom stereocenters. The van der Waals surface area contributed by atoms with E-state index in [2.05, 4.69) is 39.2 Å². The van der Waals surface area contributed by atoms with Crippen LogP contribution in [0.4, 0.5) is 16.3 Å². The summed E-state index contributed by atoms with van der Waals surface area (Å²) in [5.41, 5.74) is -0.0282. The van der Waals surface area contributed by atoms with Crippen molar-refractivity contribution in [3.8, 4) is 11.6 Å². The average Bonchev–Trinajstić information content (AvgIpc) is 2.78. The fraction of sp³-hybridized carbons (Fsp3) is 0.476. The Kier molecular flexibility index (Phi) is 7.90. The lowest BCUT2D eigenvalue weighted by molar-refractivity contribution is -0.384. The summed E-state index contributed by atoms with van der Waals surface area (Å²) < 4.78 is 5.62. The molecule has 2 aromatic rings. The molecule has 1 aromatic carbocycles. The lowest BCUT2D eigenvalue weighted by atomic mass is 10.0. The van der Waals surface area contributed by atoms with Gasteiger partial charge in [-0.3, -0.25) is 15.4 Å². The summed E-state index contributed by atoms with van der Waals surface area (Å²) >= 11 is 0. The van der Waals surface area contributed by atoms with Crippen LogP contribution in [-0.4, -0.2) is 89.0 Å². The zero-order chi connectivity index (χ0) is 23.1. The Morgan fingerprint density at radius 2 is 1.91 bits per heavy atom. The first-order chi connectivity index (χ1) is 15.3. The molecule has 1 aromatic heterocycles. The third-order valence-corrected chi connectivity index (χ3v) is 5.44. The number of amides is 2. The number of likely N-dealkylation sites (tertiary alicyclic amines) is 1. The zero-order valence-corrected chi connectivity index (χ0v) is 18.6. The van der Waals surface area contributed by atoms with E-state index in [1.165, 1.54) is 36.7 Å². The van der Waals surface area contributed by atoms with Crippen LogP contribution in [0.15, 0.2) is 36.7 Å². The third-order valence-electron chi connectivity index (χ3n) is 5.44. The molecule has 0 spiro atoms. The molecule has 32 heavy (non-hydrogen) atoms. The molecule has 3 rings (SSSR count). The van der Waals surface area contributed by atoms with Crippen molar-refractivity contribution < 1.29 is 14.5 Å². The molecule has 0 bridgehead atoms. The first kappa shape index (κ1) is 23.4. The Bertz CT molecular complexity index is 915. The molecule has 1 aliphatic rings. The number of anilines is 1. The minimum Gasteiger partial charge on any atom is -0.439 e. The molecule has 0 unspecified atom stereocenters. The summed E-state index contributed by atoms with van der Waals surface area (Å²) in [5.74, 6) is 0.933. The highest BCUT2D eigenvalue weighted by Gasteiger charge is 2.25. The quantitative estimate of drug-likeness (QED) is 0.489. The fourth-order valence-corrected chi connectivity index (χ4v) is 3.46. The number of nitro benzene ring substituents is 1. The van der Waals surface area contributed by atoms with E-state index in [0.717, 1.165) is 39.0 Å². The summed E-state index contributed by atoms with van der Waals surface area (Å²) in [5, 5.41) is 13.5. The van der Waals surface area contributed by atoms with Crippen LogP contribution in [0.5, 0.6) is 11.6 Å². The summed E-state index contributed by atoms with van der Waals surface area (Å²) in [7, 11) is 5.94. The molecule has 11 nitrogen and oxygen atoms in total.